The van der Waals surface area contributed by atoms with Crippen LogP contribution in [0.4, 0.5) is 0 Å². The summed E-state index contributed by atoms with van der Waals surface area (Å²) in [5, 5.41) is 0.378. The molecule has 1 nitrogen and oxygen atoms in total. The third kappa shape index (κ3) is 4.04. The van der Waals surface area contributed by atoms with Gasteiger partial charge in [0.1, 0.15) is 13.5 Å². The first-order valence-electron chi connectivity index (χ1n) is 7.53. The van der Waals surface area contributed by atoms with E-state index in [1.54, 1.807) is 0 Å². The standard InChI is InChI=1S/C18H26OSi/c1-5-20(6-2,7-3)18(19)16(4)12-11-15-17-13-9-8-10-14-17/h8-11,13-15H,4-7,12H2,1-3H3/b15-11+. The zero-order chi connectivity index (χ0) is 15.0. The molecule has 0 saturated carbocycles. The summed E-state index contributed by atoms with van der Waals surface area (Å²) in [6, 6.07) is 13.2. The van der Waals surface area contributed by atoms with Gasteiger partial charge in [-0.3, -0.25) is 0 Å². The maximum atomic E-state index is 12.6. The quantitative estimate of drug-likeness (QED) is 0.470. The summed E-state index contributed by atoms with van der Waals surface area (Å²) >= 11 is 0. The van der Waals surface area contributed by atoms with Gasteiger partial charge in [-0.15, -0.1) is 0 Å². The van der Waals surface area contributed by atoms with Crippen LogP contribution in [0, 0.1) is 0 Å². The van der Waals surface area contributed by atoms with Crippen LogP contribution >= 0.6 is 0 Å². The Morgan fingerprint density at radius 2 is 1.65 bits per heavy atom. The predicted molar refractivity (Wildman–Crippen MR) is 91.4 cm³/mol. The minimum absolute atomic E-state index is 0.378. The van der Waals surface area contributed by atoms with E-state index in [-0.39, 0.29) is 0 Å². The highest BCUT2D eigenvalue weighted by Crippen LogP contribution is 2.25. The lowest BCUT2D eigenvalue weighted by atomic mass is 10.1. The summed E-state index contributed by atoms with van der Waals surface area (Å²) in [5.74, 6) is 0. The highest BCUT2D eigenvalue weighted by Gasteiger charge is 2.36. The van der Waals surface area contributed by atoms with Gasteiger partial charge in [-0.1, -0.05) is 88.0 Å². The van der Waals surface area contributed by atoms with E-state index in [9.17, 15) is 4.79 Å². The minimum atomic E-state index is -1.79. The monoisotopic (exact) mass is 286 g/mol. The molecule has 0 radical (unpaired) electrons. The lowest BCUT2D eigenvalue weighted by Gasteiger charge is -2.26. The van der Waals surface area contributed by atoms with Crippen LogP contribution < -0.4 is 0 Å². The number of carbonyl (C=O) groups excluding carboxylic acids is 1. The second kappa shape index (κ2) is 8.00. The molecule has 108 valence electrons. The van der Waals surface area contributed by atoms with Crippen molar-refractivity contribution in [3.05, 3.63) is 54.1 Å². The van der Waals surface area contributed by atoms with Crippen LogP contribution in [0.2, 0.25) is 18.1 Å². The number of allylic oxidation sites excluding steroid dienone is 2. The smallest absolute Gasteiger partial charge is 0.138 e. The molecule has 0 amide bonds. The highest BCUT2D eigenvalue weighted by molar-refractivity contribution is 7.07. The van der Waals surface area contributed by atoms with E-state index in [0.717, 1.165) is 29.3 Å². The van der Waals surface area contributed by atoms with E-state index in [0.29, 0.717) is 11.8 Å². The van der Waals surface area contributed by atoms with Crippen LogP contribution in [0.5, 0.6) is 0 Å². The van der Waals surface area contributed by atoms with Crippen molar-refractivity contribution in [1.29, 1.82) is 0 Å². The first-order valence-corrected chi connectivity index (χ1v) is 10.2. The second-order valence-electron chi connectivity index (χ2n) is 5.29. The fraction of sp³-hybridized carbons (Fsp3) is 0.389. The zero-order valence-corrected chi connectivity index (χ0v) is 14.0. The topological polar surface area (TPSA) is 17.1 Å². The van der Waals surface area contributed by atoms with Gasteiger partial charge in [0.05, 0.1) is 0 Å². The summed E-state index contributed by atoms with van der Waals surface area (Å²) < 4.78 is 0. The molecule has 2 heteroatoms. The van der Waals surface area contributed by atoms with Crippen LogP contribution in [0.1, 0.15) is 32.8 Å². The summed E-state index contributed by atoms with van der Waals surface area (Å²) in [5.41, 5.74) is 1.95. The second-order valence-corrected chi connectivity index (χ2v) is 10.4. The zero-order valence-electron chi connectivity index (χ0n) is 13.0. The summed E-state index contributed by atoms with van der Waals surface area (Å²) in [6.45, 7) is 10.5. The molecule has 0 aliphatic rings. The van der Waals surface area contributed by atoms with Crippen molar-refractivity contribution in [2.24, 2.45) is 0 Å². The molecule has 1 rings (SSSR count). The van der Waals surface area contributed by atoms with Crippen molar-refractivity contribution in [2.45, 2.75) is 45.3 Å². The Kier molecular flexibility index (Phi) is 6.66. The van der Waals surface area contributed by atoms with E-state index in [2.05, 4.69) is 51.6 Å². The number of hydrogen-bond acceptors (Lipinski definition) is 1. The van der Waals surface area contributed by atoms with Gasteiger partial charge < -0.3 is 4.79 Å². The Morgan fingerprint density at radius 1 is 1.10 bits per heavy atom. The van der Waals surface area contributed by atoms with E-state index in [1.807, 2.05) is 18.2 Å². The normalized spacial score (nSPS) is 11.8. The van der Waals surface area contributed by atoms with Crippen molar-refractivity contribution >= 4 is 19.6 Å². The molecule has 0 fully saturated rings. The van der Waals surface area contributed by atoms with Gasteiger partial charge in [-0.05, 0) is 17.6 Å². The third-order valence-corrected chi connectivity index (χ3v) is 9.68. The van der Waals surface area contributed by atoms with Crippen molar-refractivity contribution in [2.75, 3.05) is 0 Å². The Bertz CT molecular complexity index is 461. The number of rotatable bonds is 8. The van der Waals surface area contributed by atoms with Crippen LogP contribution in [-0.2, 0) is 4.79 Å². The van der Waals surface area contributed by atoms with Crippen LogP contribution in [-0.4, -0.2) is 13.5 Å². The predicted octanol–water partition coefficient (Wildman–Crippen LogP) is 5.26. The molecule has 1 aromatic carbocycles. The van der Waals surface area contributed by atoms with E-state index in [1.165, 1.54) is 0 Å². The fourth-order valence-corrected chi connectivity index (χ4v) is 5.92. The van der Waals surface area contributed by atoms with Gasteiger partial charge in [-0.25, -0.2) is 0 Å². The molecule has 0 bridgehead atoms. The molecule has 0 saturated heterocycles. The maximum absolute atomic E-state index is 12.6. The van der Waals surface area contributed by atoms with Gasteiger partial charge in [0.2, 0.25) is 0 Å². The minimum Gasteiger partial charge on any atom is -0.300 e. The van der Waals surface area contributed by atoms with Gasteiger partial charge in [0.25, 0.3) is 0 Å². The van der Waals surface area contributed by atoms with Crippen LogP contribution in [0.15, 0.2) is 48.6 Å². The largest absolute Gasteiger partial charge is 0.300 e. The summed E-state index contributed by atoms with van der Waals surface area (Å²) in [4.78, 5) is 12.6. The third-order valence-electron chi connectivity index (χ3n) is 4.31. The molecule has 0 spiro atoms. The van der Waals surface area contributed by atoms with Crippen molar-refractivity contribution in [3.8, 4) is 0 Å². The molecule has 0 aliphatic carbocycles. The van der Waals surface area contributed by atoms with E-state index < -0.39 is 8.07 Å². The molecule has 0 heterocycles. The van der Waals surface area contributed by atoms with Gasteiger partial charge in [0.15, 0.2) is 0 Å². The molecule has 0 N–H and O–H groups in total. The molecular formula is C18H26OSi. The van der Waals surface area contributed by atoms with Gasteiger partial charge >= 0.3 is 0 Å². The lowest BCUT2D eigenvalue weighted by molar-refractivity contribution is -0.109. The molecule has 0 aliphatic heterocycles. The molecule has 20 heavy (non-hydrogen) atoms. The lowest BCUT2D eigenvalue weighted by Crippen LogP contribution is -2.42. The van der Waals surface area contributed by atoms with Crippen molar-refractivity contribution < 1.29 is 4.79 Å². The Labute approximate surface area is 124 Å². The average molecular weight is 286 g/mol. The highest BCUT2D eigenvalue weighted by atomic mass is 28.3. The number of benzene rings is 1. The Morgan fingerprint density at radius 3 is 2.15 bits per heavy atom. The summed E-state index contributed by atoms with van der Waals surface area (Å²) in [6.07, 6.45) is 4.78. The van der Waals surface area contributed by atoms with Crippen LogP contribution in [0.3, 0.4) is 0 Å². The average Bonchev–Trinajstić information content (AvgIpc) is 2.50. The van der Waals surface area contributed by atoms with Gasteiger partial charge in [-0.2, -0.15) is 0 Å². The molecule has 1 aromatic rings. The van der Waals surface area contributed by atoms with Crippen molar-refractivity contribution in [3.63, 3.8) is 0 Å². The number of carbonyl (C=O) groups is 1. The molecule has 0 unspecified atom stereocenters. The first kappa shape index (κ1) is 16.6. The molecular weight excluding hydrogens is 260 g/mol. The van der Waals surface area contributed by atoms with Crippen molar-refractivity contribution in [1.82, 2.24) is 0 Å². The maximum Gasteiger partial charge on any atom is 0.138 e. The Balaban J connectivity index is 2.67. The molecule has 0 atom stereocenters. The van der Waals surface area contributed by atoms with Crippen LogP contribution in [0.25, 0.3) is 6.08 Å². The molecule has 0 aromatic heterocycles. The SMILES string of the molecule is C=C(C/C=C/c1ccccc1)C(=O)[Si](CC)(CC)CC. The first-order chi connectivity index (χ1) is 9.59. The fourth-order valence-electron chi connectivity index (χ4n) is 2.60. The van der Waals surface area contributed by atoms with E-state index in [4.69, 9.17) is 0 Å². The van der Waals surface area contributed by atoms with E-state index >= 15 is 0 Å². The Hall–Kier alpha value is -1.41. The summed E-state index contributed by atoms with van der Waals surface area (Å²) in [7, 11) is -1.79. The number of hydrogen-bond donors (Lipinski definition) is 0. The van der Waals surface area contributed by atoms with Gasteiger partial charge in [0, 0.05) is 0 Å².